The van der Waals surface area contributed by atoms with Gasteiger partial charge < -0.3 is 29.6 Å². The van der Waals surface area contributed by atoms with Gasteiger partial charge in [0.1, 0.15) is 5.00 Å². The number of aryl methyl sites for hydroxylation is 1. The number of thiophene rings is 1. The fraction of sp³-hybridized carbons (Fsp3) is 0.381. The molecule has 2 N–H and O–H groups in total. The van der Waals surface area contributed by atoms with Gasteiger partial charge in [0, 0.05) is 17.0 Å². The van der Waals surface area contributed by atoms with Gasteiger partial charge in [-0.05, 0) is 43.5 Å². The number of nitrogens with one attached hydrogen (secondary N) is 2. The van der Waals surface area contributed by atoms with Gasteiger partial charge in [-0.3, -0.25) is 0 Å². The third-order valence-corrected chi connectivity index (χ3v) is 6.38. The summed E-state index contributed by atoms with van der Waals surface area (Å²) >= 11 is 6.97. The second-order valence-corrected chi connectivity index (χ2v) is 8.24. The number of esters is 2. The first-order chi connectivity index (χ1) is 14.9. The molecule has 1 aliphatic rings. The highest BCUT2D eigenvalue weighted by molar-refractivity contribution is 7.80. The fourth-order valence-electron chi connectivity index (χ4n) is 3.49. The Kier molecular flexibility index (Phi) is 7.34. The van der Waals surface area contributed by atoms with Crippen LogP contribution < -0.4 is 20.1 Å². The largest absolute Gasteiger partial charge is 0.493 e. The van der Waals surface area contributed by atoms with E-state index in [4.69, 9.17) is 31.2 Å². The zero-order valence-electron chi connectivity index (χ0n) is 17.7. The molecule has 0 radical (unpaired) electrons. The maximum Gasteiger partial charge on any atom is 0.341 e. The molecule has 1 aromatic carbocycles. The van der Waals surface area contributed by atoms with Crippen molar-refractivity contribution in [1.29, 1.82) is 0 Å². The van der Waals surface area contributed by atoms with Crippen molar-refractivity contribution in [3.05, 3.63) is 33.7 Å². The van der Waals surface area contributed by atoms with Crippen LogP contribution in [0.15, 0.2) is 12.1 Å². The number of carbonyl (C=O) groups excluding carboxylic acids is 2. The molecule has 0 bridgehead atoms. The Labute approximate surface area is 189 Å². The van der Waals surface area contributed by atoms with Crippen LogP contribution in [0.4, 0.5) is 10.7 Å². The molecule has 0 atom stereocenters. The van der Waals surface area contributed by atoms with Crippen molar-refractivity contribution in [3.63, 3.8) is 0 Å². The Morgan fingerprint density at radius 3 is 2.23 bits per heavy atom. The number of methoxy groups -OCH3 is 4. The highest BCUT2D eigenvalue weighted by Gasteiger charge is 2.27. The summed E-state index contributed by atoms with van der Waals surface area (Å²) in [7, 11) is 5.62. The predicted molar refractivity (Wildman–Crippen MR) is 123 cm³/mol. The van der Waals surface area contributed by atoms with E-state index in [2.05, 4.69) is 10.6 Å². The lowest BCUT2D eigenvalue weighted by atomic mass is 9.95. The van der Waals surface area contributed by atoms with E-state index >= 15 is 0 Å². The molecule has 1 heterocycles. The first-order valence-electron chi connectivity index (χ1n) is 9.58. The minimum atomic E-state index is -0.562. The molecule has 1 aromatic heterocycles. The molecule has 0 aliphatic heterocycles. The van der Waals surface area contributed by atoms with Gasteiger partial charge in [0.15, 0.2) is 16.6 Å². The summed E-state index contributed by atoms with van der Waals surface area (Å²) in [4.78, 5) is 25.9. The maximum absolute atomic E-state index is 12.4. The van der Waals surface area contributed by atoms with E-state index in [0.29, 0.717) is 27.8 Å². The number of fused-ring (bicyclic) bond motifs is 1. The van der Waals surface area contributed by atoms with Crippen molar-refractivity contribution in [2.75, 3.05) is 39.1 Å². The van der Waals surface area contributed by atoms with E-state index in [0.717, 1.165) is 31.2 Å². The normalized spacial score (nSPS) is 12.4. The average molecular weight is 465 g/mol. The van der Waals surface area contributed by atoms with E-state index < -0.39 is 11.9 Å². The van der Waals surface area contributed by atoms with Gasteiger partial charge in [-0.15, -0.1) is 11.3 Å². The molecule has 31 heavy (non-hydrogen) atoms. The molecule has 8 nitrogen and oxygen atoms in total. The highest BCUT2D eigenvalue weighted by atomic mass is 32.1. The standard InChI is InChI=1S/C21H24N2O6S2/c1-26-14-9-12(19(24)28-3)13(10-15(14)27-2)22-21(30)23-18-17(20(25)29-4)11-7-5-6-8-16(11)31-18/h9-10H,5-8H2,1-4H3,(H2,22,23,30). The van der Waals surface area contributed by atoms with Crippen molar-refractivity contribution in [2.24, 2.45) is 0 Å². The van der Waals surface area contributed by atoms with Gasteiger partial charge in [0.05, 0.1) is 45.3 Å². The topological polar surface area (TPSA) is 95.1 Å². The molecule has 1 aliphatic carbocycles. The van der Waals surface area contributed by atoms with Crippen molar-refractivity contribution in [3.8, 4) is 11.5 Å². The molecule has 0 spiro atoms. The Balaban J connectivity index is 1.92. The number of hydrogen-bond donors (Lipinski definition) is 2. The van der Waals surface area contributed by atoms with Crippen molar-refractivity contribution in [2.45, 2.75) is 25.7 Å². The Hall–Kier alpha value is -2.85. The van der Waals surface area contributed by atoms with Crippen LogP contribution >= 0.6 is 23.6 Å². The highest BCUT2D eigenvalue weighted by Crippen LogP contribution is 2.39. The summed E-state index contributed by atoms with van der Waals surface area (Å²) in [6.07, 6.45) is 3.88. The maximum atomic E-state index is 12.4. The summed E-state index contributed by atoms with van der Waals surface area (Å²) in [5.41, 5.74) is 2.15. The van der Waals surface area contributed by atoms with Crippen molar-refractivity contribution >= 4 is 51.3 Å². The van der Waals surface area contributed by atoms with Crippen molar-refractivity contribution < 1.29 is 28.5 Å². The van der Waals surface area contributed by atoms with Gasteiger partial charge in [-0.25, -0.2) is 9.59 Å². The lowest BCUT2D eigenvalue weighted by molar-refractivity contribution is 0.0592. The SMILES string of the molecule is COC(=O)c1cc(OC)c(OC)cc1NC(=S)Nc1sc2c(c1C(=O)OC)CCCC2. The molecule has 0 unspecified atom stereocenters. The monoisotopic (exact) mass is 464 g/mol. The van der Waals surface area contributed by atoms with Gasteiger partial charge >= 0.3 is 11.9 Å². The molecule has 10 heteroatoms. The number of benzene rings is 1. The van der Waals surface area contributed by atoms with Gasteiger partial charge in [-0.2, -0.15) is 0 Å². The minimum Gasteiger partial charge on any atom is -0.493 e. The number of anilines is 2. The Morgan fingerprint density at radius 1 is 0.935 bits per heavy atom. The van der Waals surface area contributed by atoms with Crippen LogP contribution in [0.25, 0.3) is 0 Å². The molecule has 0 saturated heterocycles. The first kappa shape index (κ1) is 22.8. The van der Waals surface area contributed by atoms with Gasteiger partial charge in [0.25, 0.3) is 0 Å². The van der Waals surface area contributed by atoms with Gasteiger partial charge in [0.2, 0.25) is 0 Å². The number of thiocarbonyl (C=S) groups is 1. The first-order valence-corrected chi connectivity index (χ1v) is 10.8. The Morgan fingerprint density at radius 2 is 1.58 bits per heavy atom. The third kappa shape index (κ3) is 4.75. The smallest absolute Gasteiger partial charge is 0.341 e. The van der Waals surface area contributed by atoms with Crippen LogP contribution in [0.1, 0.15) is 44.0 Å². The summed E-state index contributed by atoms with van der Waals surface area (Å²) in [6, 6.07) is 3.11. The van der Waals surface area contributed by atoms with Crippen LogP contribution in [-0.2, 0) is 22.3 Å². The number of rotatable bonds is 6. The van der Waals surface area contributed by atoms with E-state index in [9.17, 15) is 9.59 Å². The molecule has 2 aromatic rings. The average Bonchev–Trinajstić information content (AvgIpc) is 3.15. The molecular formula is C21H24N2O6S2. The van der Waals surface area contributed by atoms with E-state index in [-0.39, 0.29) is 10.7 Å². The molecule has 0 amide bonds. The molecule has 166 valence electrons. The zero-order valence-corrected chi connectivity index (χ0v) is 19.4. The van der Waals surface area contributed by atoms with Crippen LogP contribution in [0, 0.1) is 0 Å². The Bertz CT molecular complexity index is 1020. The molecule has 0 saturated carbocycles. The fourth-order valence-corrected chi connectivity index (χ4v) is 5.05. The summed E-state index contributed by atoms with van der Waals surface area (Å²) in [6.45, 7) is 0. The van der Waals surface area contributed by atoms with Crippen LogP contribution in [-0.4, -0.2) is 45.5 Å². The van der Waals surface area contributed by atoms with Crippen LogP contribution in [0.3, 0.4) is 0 Å². The summed E-state index contributed by atoms with van der Waals surface area (Å²) in [5.74, 6) is -0.160. The van der Waals surface area contributed by atoms with Gasteiger partial charge in [-0.1, -0.05) is 0 Å². The van der Waals surface area contributed by atoms with E-state index in [1.165, 1.54) is 50.7 Å². The zero-order chi connectivity index (χ0) is 22.5. The van der Waals surface area contributed by atoms with E-state index in [1.54, 1.807) is 6.07 Å². The van der Waals surface area contributed by atoms with Crippen LogP contribution in [0.5, 0.6) is 11.5 Å². The minimum absolute atomic E-state index is 0.209. The quantitative estimate of drug-likeness (QED) is 0.485. The summed E-state index contributed by atoms with van der Waals surface area (Å²) < 4.78 is 20.5. The number of carbonyl (C=O) groups is 2. The number of hydrogen-bond acceptors (Lipinski definition) is 8. The molecular weight excluding hydrogens is 440 g/mol. The second-order valence-electron chi connectivity index (χ2n) is 6.73. The molecule has 3 rings (SSSR count). The number of ether oxygens (including phenoxy) is 4. The predicted octanol–water partition coefficient (Wildman–Crippen LogP) is 4.03. The lowest BCUT2D eigenvalue weighted by Gasteiger charge is -2.16. The summed E-state index contributed by atoms with van der Waals surface area (Å²) in [5, 5.41) is 6.93. The molecule has 0 fully saturated rings. The van der Waals surface area contributed by atoms with Crippen molar-refractivity contribution in [1.82, 2.24) is 0 Å². The van der Waals surface area contributed by atoms with Crippen LogP contribution in [0.2, 0.25) is 0 Å². The van der Waals surface area contributed by atoms with E-state index in [1.807, 2.05) is 0 Å². The lowest BCUT2D eigenvalue weighted by Crippen LogP contribution is -2.22. The third-order valence-electron chi connectivity index (χ3n) is 4.97. The second kappa shape index (κ2) is 9.97.